The Bertz CT molecular complexity index is 1050. The second-order valence-corrected chi connectivity index (χ2v) is 8.91. The van der Waals surface area contributed by atoms with Crippen LogP contribution < -0.4 is 14.8 Å². The minimum absolute atomic E-state index is 0.0192. The molecule has 0 saturated carbocycles. The molecule has 30 heavy (non-hydrogen) atoms. The zero-order valence-electron chi connectivity index (χ0n) is 16.6. The lowest BCUT2D eigenvalue weighted by atomic mass is 10.1. The van der Waals surface area contributed by atoms with E-state index < -0.39 is 16.6 Å². The Hall–Kier alpha value is -2.56. The summed E-state index contributed by atoms with van der Waals surface area (Å²) in [6, 6.07) is 10.7. The summed E-state index contributed by atoms with van der Waals surface area (Å²) in [4.78, 5) is 16.4. The van der Waals surface area contributed by atoms with Crippen molar-refractivity contribution in [1.82, 2.24) is 4.90 Å². The first-order chi connectivity index (χ1) is 14.0. The zero-order chi connectivity index (χ0) is 22.1. The lowest BCUT2D eigenvalue weighted by Gasteiger charge is -2.26. The quantitative estimate of drug-likeness (QED) is 0.715. The number of nitrogens with two attached hydrogens (primary N) is 1. The zero-order valence-corrected chi connectivity index (χ0v) is 17.4. The van der Waals surface area contributed by atoms with E-state index in [9.17, 15) is 22.0 Å². The van der Waals surface area contributed by atoms with Gasteiger partial charge in [-0.05, 0) is 61.9 Å². The van der Waals surface area contributed by atoms with Crippen molar-refractivity contribution >= 4 is 21.6 Å². The van der Waals surface area contributed by atoms with Gasteiger partial charge in [-0.25, -0.2) is 13.6 Å². The largest absolute Gasteiger partial charge is 0.435 e. The summed E-state index contributed by atoms with van der Waals surface area (Å²) in [5, 5.41) is 5.19. The van der Waals surface area contributed by atoms with Crippen LogP contribution in [0.3, 0.4) is 0 Å². The standard InChI is InChI=1S/C20H23F2N3O4S/c1-13-8-15-10-17(30(23,27)28)6-7-18(15)25(13)19(26)12-24(2)11-14-4-3-5-16(9-14)29-20(21)22/h3-7,9-10,13,20H,8,11-12H2,1-2H3,(H2,23,27,28). The maximum Gasteiger partial charge on any atom is 0.387 e. The van der Waals surface area contributed by atoms with Gasteiger partial charge in [-0.1, -0.05) is 12.1 Å². The van der Waals surface area contributed by atoms with Crippen molar-refractivity contribution in [2.24, 2.45) is 5.14 Å². The molecule has 3 rings (SSSR count). The van der Waals surface area contributed by atoms with Crippen molar-refractivity contribution in [3.63, 3.8) is 0 Å². The van der Waals surface area contributed by atoms with Gasteiger partial charge >= 0.3 is 6.61 Å². The molecule has 0 fully saturated rings. The first-order valence-electron chi connectivity index (χ1n) is 9.24. The Morgan fingerprint density at radius 1 is 1.30 bits per heavy atom. The Labute approximate surface area is 174 Å². The highest BCUT2D eigenvalue weighted by molar-refractivity contribution is 7.89. The fraction of sp³-hybridized carbons (Fsp3) is 0.350. The van der Waals surface area contributed by atoms with E-state index in [4.69, 9.17) is 5.14 Å². The number of fused-ring (bicyclic) bond motifs is 1. The smallest absolute Gasteiger partial charge is 0.387 e. The van der Waals surface area contributed by atoms with Gasteiger partial charge in [0.15, 0.2) is 0 Å². The number of ether oxygens (including phenoxy) is 1. The maximum absolute atomic E-state index is 12.9. The van der Waals surface area contributed by atoms with Gasteiger partial charge < -0.3 is 9.64 Å². The number of primary sulfonamides is 1. The third-order valence-corrected chi connectivity index (χ3v) is 5.76. The van der Waals surface area contributed by atoms with Gasteiger partial charge in [-0.3, -0.25) is 9.69 Å². The van der Waals surface area contributed by atoms with E-state index in [1.165, 1.54) is 24.3 Å². The van der Waals surface area contributed by atoms with E-state index in [0.717, 1.165) is 11.1 Å². The van der Waals surface area contributed by atoms with E-state index in [2.05, 4.69) is 4.74 Å². The van der Waals surface area contributed by atoms with Gasteiger partial charge in [0.2, 0.25) is 15.9 Å². The number of sulfonamides is 1. The van der Waals surface area contributed by atoms with Crippen LogP contribution in [0, 0.1) is 0 Å². The third-order valence-electron chi connectivity index (χ3n) is 4.85. The third kappa shape index (κ3) is 5.13. The number of carbonyl (C=O) groups excluding carboxylic acids is 1. The summed E-state index contributed by atoms with van der Waals surface area (Å²) in [7, 11) is -2.06. The number of nitrogens with zero attached hydrogens (tertiary/aromatic N) is 2. The molecule has 0 saturated heterocycles. The van der Waals surface area contributed by atoms with Crippen LogP contribution in [-0.2, 0) is 27.8 Å². The number of amides is 1. The SMILES string of the molecule is CC1Cc2cc(S(N)(=O)=O)ccc2N1C(=O)CN(C)Cc1cccc(OC(F)F)c1. The molecule has 2 N–H and O–H groups in total. The summed E-state index contributed by atoms with van der Waals surface area (Å²) in [6.07, 6.45) is 0.529. The number of carbonyl (C=O) groups is 1. The first kappa shape index (κ1) is 22.1. The molecule has 1 atom stereocenters. The molecular formula is C20H23F2N3O4S. The number of alkyl halides is 2. The number of halogens is 2. The molecule has 0 bridgehead atoms. The van der Waals surface area contributed by atoms with Crippen LogP contribution in [-0.4, -0.2) is 45.5 Å². The molecule has 0 radical (unpaired) electrons. The van der Waals surface area contributed by atoms with Crippen LogP contribution in [0.15, 0.2) is 47.4 Å². The van der Waals surface area contributed by atoms with Crippen molar-refractivity contribution in [3.05, 3.63) is 53.6 Å². The minimum Gasteiger partial charge on any atom is -0.435 e. The highest BCUT2D eigenvalue weighted by Crippen LogP contribution is 2.33. The number of benzene rings is 2. The molecule has 0 spiro atoms. The fourth-order valence-corrected chi connectivity index (χ4v) is 4.22. The Morgan fingerprint density at radius 2 is 2.03 bits per heavy atom. The van der Waals surface area contributed by atoms with E-state index >= 15 is 0 Å². The maximum atomic E-state index is 12.9. The van der Waals surface area contributed by atoms with Crippen molar-refractivity contribution < 1.29 is 26.7 Å². The van der Waals surface area contributed by atoms with Gasteiger partial charge in [0, 0.05) is 18.3 Å². The number of likely N-dealkylation sites (N-methyl/N-ethyl adjacent to an activating group) is 1. The normalized spacial score (nSPS) is 16.2. The molecule has 1 amide bonds. The number of hydrogen-bond donors (Lipinski definition) is 1. The molecule has 1 aliphatic rings. The molecule has 162 valence electrons. The van der Waals surface area contributed by atoms with E-state index in [0.29, 0.717) is 18.7 Å². The second-order valence-electron chi connectivity index (χ2n) is 7.35. The van der Waals surface area contributed by atoms with Gasteiger partial charge in [0.05, 0.1) is 11.4 Å². The number of anilines is 1. The molecule has 7 nitrogen and oxygen atoms in total. The van der Waals surface area contributed by atoms with Gasteiger partial charge in [-0.15, -0.1) is 0 Å². The molecule has 1 unspecified atom stereocenters. The van der Waals surface area contributed by atoms with Crippen LogP contribution in [0.25, 0.3) is 0 Å². The van der Waals surface area contributed by atoms with Crippen molar-refractivity contribution in [2.45, 2.75) is 37.4 Å². The van der Waals surface area contributed by atoms with Crippen LogP contribution in [0.2, 0.25) is 0 Å². The van der Waals surface area contributed by atoms with Gasteiger partial charge in [-0.2, -0.15) is 8.78 Å². The minimum atomic E-state index is -3.81. The summed E-state index contributed by atoms with van der Waals surface area (Å²) in [6.45, 7) is -0.544. The summed E-state index contributed by atoms with van der Waals surface area (Å²) >= 11 is 0. The van der Waals surface area contributed by atoms with Crippen LogP contribution in [0.1, 0.15) is 18.1 Å². The van der Waals surface area contributed by atoms with Crippen LogP contribution in [0.4, 0.5) is 14.5 Å². The molecule has 1 aliphatic heterocycles. The molecule has 0 aromatic heterocycles. The monoisotopic (exact) mass is 439 g/mol. The second kappa shape index (κ2) is 8.66. The highest BCUT2D eigenvalue weighted by atomic mass is 32.2. The Balaban J connectivity index is 1.69. The van der Waals surface area contributed by atoms with Crippen LogP contribution >= 0.6 is 0 Å². The van der Waals surface area contributed by atoms with Gasteiger partial charge in [0.1, 0.15) is 5.75 Å². The van der Waals surface area contributed by atoms with E-state index in [1.807, 2.05) is 6.92 Å². The fourth-order valence-electron chi connectivity index (χ4n) is 3.66. The van der Waals surface area contributed by atoms with E-state index in [1.54, 1.807) is 35.0 Å². The van der Waals surface area contributed by atoms with Crippen molar-refractivity contribution in [1.29, 1.82) is 0 Å². The number of hydrogen-bond acceptors (Lipinski definition) is 5. The molecule has 0 aliphatic carbocycles. The number of rotatable bonds is 7. The van der Waals surface area contributed by atoms with Crippen molar-refractivity contribution in [2.75, 3.05) is 18.5 Å². The average molecular weight is 439 g/mol. The predicted octanol–water partition coefficient (Wildman–Crippen LogP) is 2.34. The summed E-state index contributed by atoms with van der Waals surface area (Å²) in [5.41, 5.74) is 2.15. The van der Waals surface area contributed by atoms with E-state index in [-0.39, 0.29) is 29.1 Å². The Kier molecular flexibility index (Phi) is 6.39. The lowest BCUT2D eigenvalue weighted by molar-refractivity contribution is -0.119. The van der Waals surface area contributed by atoms with Gasteiger partial charge in [0.25, 0.3) is 0 Å². The Morgan fingerprint density at radius 3 is 2.70 bits per heavy atom. The molecular weight excluding hydrogens is 416 g/mol. The highest BCUT2D eigenvalue weighted by Gasteiger charge is 2.32. The first-order valence-corrected chi connectivity index (χ1v) is 10.8. The summed E-state index contributed by atoms with van der Waals surface area (Å²) in [5.74, 6) is -0.0814. The topological polar surface area (TPSA) is 92.9 Å². The average Bonchev–Trinajstić information content (AvgIpc) is 2.95. The van der Waals surface area contributed by atoms with Crippen LogP contribution in [0.5, 0.6) is 5.75 Å². The molecule has 2 aromatic carbocycles. The summed E-state index contributed by atoms with van der Waals surface area (Å²) < 4.78 is 52.3. The molecule has 10 heteroatoms. The van der Waals surface area contributed by atoms with Crippen molar-refractivity contribution in [3.8, 4) is 5.75 Å². The lowest BCUT2D eigenvalue weighted by Crippen LogP contribution is -2.41. The molecule has 1 heterocycles. The molecule has 2 aromatic rings. The predicted molar refractivity (Wildman–Crippen MR) is 108 cm³/mol.